The second-order valence-electron chi connectivity index (χ2n) is 6.88. The molecule has 1 heterocycles. The van der Waals surface area contributed by atoms with E-state index in [2.05, 4.69) is 23.2 Å². The zero-order valence-electron chi connectivity index (χ0n) is 14.4. The first-order valence-corrected chi connectivity index (χ1v) is 8.83. The fourth-order valence-electron chi connectivity index (χ4n) is 3.93. The first kappa shape index (κ1) is 18.3. The van der Waals surface area contributed by atoms with Crippen molar-refractivity contribution in [2.24, 2.45) is 5.92 Å². The van der Waals surface area contributed by atoms with Crippen molar-refractivity contribution >= 4 is 29.0 Å². The number of nitro benzene ring substituents is 1. The van der Waals surface area contributed by atoms with Crippen LogP contribution in [0.25, 0.3) is 22.0 Å². The molecular weight excluding hydrogens is 348 g/mol. The molecule has 0 amide bonds. The molecule has 0 saturated heterocycles. The maximum atomic E-state index is 11.1. The van der Waals surface area contributed by atoms with Crippen LogP contribution in [0.1, 0.15) is 31.2 Å². The van der Waals surface area contributed by atoms with Gasteiger partial charge in [0.2, 0.25) is 0 Å². The van der Waals surface area contributed by atoms with Gasteiger partial charge >= 0.3 is 0 Å². The SMILES string of the molecule is Cl.O=[N+]([O-])c1cccc(-c2cc(CC3CCCC3)cc3cccnc23)c1. The maximum Gasteiger partial charge on any atom is 0.270 e. The van der Waals surface area contributed by atoms with E-state index in [0.29, 0.717) is 0 Å². The third-order valence-corrected chi connectivity index (χ3v) is 5.13. The van der Waals surface area contributed by atoms with Gasteiger partial charge in [-0.15, -0.1) is 12.4 Å². The van der Waals surface area contributed by atoms with Crippen molar-refractivity contribution in [2.45, 2.75) is 32.1 Å². The monoisotopic (exact) mass is 368 g/mol. The number of aromatic nitrogens is 1. The van der Waals surface area contributed by atoms with E-state index in [9.17, 15) is 10.1 Å². The number of fused-ring (bicyclic) bond motifs is 1. The van der Waals surface area contributed by atoms with Crippen molar-refractivity contribution in [2.75, 3.05) is 0 Å². The van der Waals surface area contributed by atoms with E-state index in [0.717, 1.165) is 34.4 Å². The summed E-state index contributed by atoms with van der Waals surface area (Å²) in [6.45, 7) is 0. The minimum Gasteiger partial charge on any atom is -0.258 e. The average molecular weight is 369 g/mol. The Morgan fingerprint density at radius 1 is 1.08 bits per heavy atom. The highest BCUT2D eigenvalue weighted by molar-refractivity contribution is 5.94. The number of rotatable bonds is 4. The quantitative estimate of drug-likeness (QED) is 0.421. The molecule has 134 valence electrons. The molecular formula is C21H21ClN2O2. The smallest absolute Gasteiger partial charge is 0.258 e. The fourth-order valence-corrected chi connectivity index (χ4v) is 3.93. The molecule has 1 aliphatic carbocycles. The number of nitro groups is 1. The second-order valence-corrected chi connectivity index (χ2v) is 6.88. The van der Waals surface area contributed by atoms with Gasteiger partial charge in [-0.3, -0.25) is 15.1 Å². The minimum atomic E-state index is -0.346. The van der Waals surface area contributed by atoms with Crippen molar-refractivity contribution in [1.82, 2.24) is 4.98 Å². The van der Waals surface area contributed by atoms with Crippen molar-refractivity contribution < 1.29 is 4.92 Å². The topological polar surface area (TPSA) is 56.0 Å². The molecule has 0 N–H and O–H groups in total. The largest absolute Gasteiger partial charge is 0.270 e. The summed E-state index contributed by atoms with van der Waals surface area (Å²) in [4.78, 5) is 15.3. The van der Waals surface area contributed by atoms with Gasteiger partial charge in [-0.2, -0.15) is 0 Å². The van der Waals surface area contributed by atoms with E-state index in [1.807, 2.05) is 12.1 Å². The van der Waals surface area contributed by atoms with Gasteiger partial charge < -0.3 is 0 Å². The normalized spacial score (nSPS) is 14.3. The number of pyridine rings is 1. The van der Waals surface area contributed by atoms with Crippen LogP contribution in [0, 0.1) is 16.0 Å². The molecule has 0 atom stereocenters. The second kappa shape index (κ2) is 7.83. The summed E-state index contributed by atoms with van der Waals surface area (Å²) in [6.07, 6.45) is 8.12. The highest BCUT2D eigenvalue weighted by Gasteiger charge is 2.17. The van der Waals surface area contributed by atoms with Crippen molar-refractivity contribution in [3.8, 4) is 11.1 Å². The van der Waals surface area contributed by atoms with Gasteiger partial charge in [0, 0.05) is 29.3 Å². The van der Waals surface area contributed by atoms with Crippen LogP contribution in [0.4, 0.5) is 5.69 Å². The van der Waals surface area contributed by atoms with Crippen LogP contribution in [0.3, 0.4) is 0 Å². The van der Waals surface area contributed by atoms with Crippen LogP contribution in [0.5, 0.6) is 0 Å². The average Bonchev–Trinajstić information content (AvgIpc) is 3.14. The molecule has 1 aromatic heterocycles. The van der Waals surface area contributed by atoms with E-state index >= 15 is 0 Å². The van der Waals surface area contributed by atoms with Crippen LogP contribution >= 0.6 is 12.4 Å². The fraction of sp³-hybridized carbons (Fsp3) is 0.286. The number of hydrogen-bond donors (Lipinski definition) is 0. The predicted octanol–water partition coefficient (Wildman–Crippen LogP) is 5.96. The Hall–Kier alpha value is -2.46. The Morgan fingerprint density at radius 2 is 1.88 bits per heavy atom. The van der Waals surface area contributed by atoms with E-state index in [-0.39, 0.29) is 23.0 Å². The molecule has 3 aromatic rings. The van der Waals surface area contributed by atoms with Gasteiger partial charge in [0.1, 0.15) is 0 Å². The zero-order chi connectivity index (χ0) is 17.2. The lowest BCUT2D eigenvalue weighted by atomic mass is 9.93. The van der Waals surface area contributed by atoms with E-state index in [1.165, 1.54) is 37.3 Å². The standard InChI is InChI=1S/C21H20N2O2.ClH/c24-23(25)19-9-3-7-17(14-19)20-13-16(11-15-5-1-2-6-15)12-18-8-4-10-22-21(18)20;/h3-4,7-10,12-15H,1-2,5-6,11H2;1H. The van der Waals surface area contributed by atoms with Gasteiger partial charge in [0.05, 0.1) is 10.4 Å². The van der Waals surface area contributed by atoms with E-state index in [1.54, 1.807) is 18.3 Å². The number of nitrogens with zero attached hydrogens (tertiary/aromatic N) is 2. The Balaban J connectivity index is 0.00000196. The van der Waals surface area contributed by atoms with Crippen LogP contribution in [-0.4, -0.2) is 9.91 Å². The molecule has 5 heteroatoms. The molecule has 1 aliphatic rings. The number of non-ortho nitro benzene ring substituents is 1. The molecule has 0 unspecified atom stereocenters. The molecule has 1 saturated carbocycles. The molecule has 0 radical (unpaired) electrons. The Morgan fingerprint density at radius 3 is 2.65 bits per heavy atom. The zero-order valence-corrected chi connectivity index (χ0v) is 15.2. The summed E-state index contributed by atoms with van der Waals surface area (Å²) in [5, 5.41) is 12.2. The third-order valence-electron chi connectivity index (χ3n) is 5.13. The van der Waals surface area contributed by atoms with Crippen LogP contribution in [0.2, 0.25) is 0 Å². The summed E-state index contributed by atoms with van der Waals surface area (Å²) >= 11 is 0. The lowest BCUT2D eigenvalue weighted by molar-refractivity contribution is -0.384. The molecule has 0 bridgehead atoms. The molecule has 0 spiro atoms. The summed E-state index contributed by atoms with van der Waals surface area (Å²) in [5.41, 5.74) is 4.15. The van der Waals surface area contributed by atoms with E-state index in [4.69, 9.17) is 0 Å². The Labute approximate surface area is 158 Å². The van der Waals surface area contributed by atoms with Crippen molar-refractivity contribution in [3.63, 3.8) is 0 Å². The van der Waals surface area contributed by atoms with Crippen LogP contribution < -0.4 is 0 Å². The first-order valence-electron chi connectivity index (χ1n) is 8.83. The lowest BCUT2D eigenvalue weighted by Crippen LogP contribution is -1.99. The van der Waals surface area contributed by atoms with Gasteiger partial charge in [-0.25, -0.2) is 0 Å². The van der Waals surface area contributed by atoms with E-state index < -0.39 is 0 Å². The summed E-state index contributed by atoms with van der Waals surface area (Å²) in [6, 6.07) is 15.3. The highest BCUT2D eigenvalue weighted by Crippen LogP contribution is 2.34. The maximum absolute atomic E-state index is 11.1. The minimum absolute atomic E-state index is 0. The van der Waals surface area contributed by atoms with Gasteiger partial charge in [-0.1, -0.05) is 43.9 Å². The van der Waals surface area contributed by atoms with Crippen molar-refractivity contribution in [1.29, 1.82) is 0 Å². The van der Waals surface area contributed by atoms with Crippen LogP contribution in [0.15, 0.2) is 54.7 Å². The number of halogens is 1. The number of hydrogen-bond acceptors (Lipinski definition) is 3. The molecule has 2 aromatic carbocycles. The predicted molar refractivity (Wildman–Crippen MR) is 107 cm³/mol. The molecule has 4 nitrogen and oxygen atoms in total. The van der Waals surface area contributed by atoms with Gasteiger partial charge in [-0.05, 0) is 41.7 Å². The Kier molecular flexibility index (Phi) is 5.52. The Bertz CT molecular complexity index is 936. The molecule has 26 heavy (non-hydrogen) atoms. The van der Waals surface area contributed by atoms with Gasteiger partial charge in [0.15, 0.2) is 0 Å². The third kappa shape index (κ3) is 3.70. The summed E-state index contributed by atoms with van der Waals surface area (Å²) < 4.78 is 0. The van der Waals surface area contributed by atoms with Crippen LogP contribution in [-0.2, 0) is 6.42 Å². The summed E-state index contributed by atoms with van der Waals surface area (Å²) in [7, 11) is 0. The lowest BCUT2D eigenvalue weighted by Gasteiger charge is -2.13. The molecule has 0 aliphatic heterocycles. The molecule has 1 fully saturated rings. The molecule has 4 rings (SSSR count). The summed E-state index contributed by atoms with van der Waals surface area (Å²) in [5.74, 6) is 0.757. The number of benzene rings is 2. The first-order chi connectivity index (χ1) is 12.2. The highest BCUT2D eigenvalue weighted by atomic mass is 35.5. The van der Waals surface area contributed by atoms with Crippen molar-refractivity contribution in [3.05, 3.63) is 70.4 Å². The van der Waals surface area contributed by atoms with Gasteiger partial charge in [0.25, 0.3) is 5.69 Å².